The van der Waals surface area contributed by atoms with E-state index in [1.807, 2.05) is 24.0 Å². The molecule has 0 saturated carbocycles. The molecule has 0 aliphatic carbocycles. The second kappa shape index (κ2) is 6.18. The molecular formula is C16H21N3O2. The minimum atomic E-state index is 0.275. The van der Waals surface area contributed by atoms with Crippen LogP contribution in [0.4, 0.5) is 0 Å². The Balaban J connectivity index is 1.56. The van der Waals surface area contributed by atoms with Gasteiger partial charge in [-0.3, -0.25) is 4.68 Å². The summed E-state index contributed by atoms with van der Waals surface area (Å²) in [6.07, 6.45) is 4.94. The fourth-order valence-electron chi connectivity index (χ4n) is 2.48. The van der Waals surface area contributed by atoms with Crippen LogP contribution in [0.25, 0.3) is 0 Å². The number of hydrogen-bond donors (Lipinski definition) is 1. The molecule has 1 aromatic heterocycles. The van der Waals surface area contributed by atoms with Crippen molar-refractivity contribution >= 4 is 0 Å². The van der Waals surface area contributed by atoms with E-state index in [9.17, 15) is 0 Å². The van der Waals surface area contributed by atoms with Gasteiger partial charge in [0.15, 0.2) is 11.5 Å². The van der Waals surface area contributed by atoms with Gasteiger partial charge in [-0.25, -0.2) is 0 Å². The van der Waals surface area contributed by atoms with Crippen molar-refractivity contribution in [2.24, 2.45) is 7.05 Å². The summed E-state index contributed by atoms with van der Waals surface area (Å²) in [4.78, 5) is 0. The van der Waals surface area contributed by atoms with Gasteiger partial charge < -0.3 is 14.8 Å². The van der Waals surface area contributed by atoms with Crippen molar-refractivity contribution in [2.45, 2.75) is 19.4 Å². The highest BCUT2D eigenvalue weighted by atomic mass is 16.6. The standard InChI is InChI=1S/C16H21N3O2/c1-12(17-6-5-13-10-18-19(2)11-13)14-3-4-15-16(9-14)21-8-7-20-15/h3-4,9-12,17H,5-8H2,1-2H3. The summed E-state index contributed by atoms with van der Waals surface area (Å²) in [7, 11) is 1.94. The predicted molar refractivity (Wildman–Crippen MR) is 80.8 cm³/mol. The first-order valence-corrected chi connectivity index (χ1v) is 7.33. The van der Waals surface area contributed by atoms with Crippen LogP contribution in [-0.2, 0) is 13.5 Å². The Bertz CT molecular complexity index is 609. The van der Waals surface area contributed by atoms with Gasteiger partial charge in [-0.15, -0.1) is 0 Å². The molecular weight excluding hydrogens is 266 g/mol. The van der Waals surface area contributed by atoms with Crippen molar-refractivity contribution in [3.8, 4) is 11.5 Å². The molecule has 1 aliphatic rings. The SMILES string of the molecule is CC(NCCc1cnn(C)c1)c1ccc2c(c1)OCCO2. The summed E-state index contributed by atoms with van der Waals surface area (Å²) in [5.74, 6) is 1.69. The van der Waals surface area contributed by atoms with Crippen LogP contribution in [-0.4, -0.2) is 29.5 Å². The highest BCUT2D eigenvalue weighted by molar-refractivity contribution is 5.44. The van der Waals surface area contributed by atoms with Crippen LogP contribution in [0.1, 0.15) is 24.1 Å². The minimum Gasteiger partial charge on any atom is -0.486 e. The van der Waals surface area contributed by atoms with Gasteiger partial charge in [-0.05, 0) is 43.1 Å². The topological polar surface area (TPSA) is 48.3 Å². The Morgan fingerprint density at radius 2 is 2.10 bits per heavy atom. The van der Waals surface area contributed by atoms with E-state index in [1.165, 1.54) is 11.1 Å². The predicted octanol–water partition coefficient (Wildman–Crippen LogP) is 2.08. The molecule has 1 unspecified atom stereocenters. The molecule has 21 heavy (non-hydrogen) atoms. The van der Waals surface area contributed by atoms with Crippen molar-refractivity contribution in [1.82, 2.24) is 15.1 Å². The summed E-state index contributed by atoms with van der Waals surface area (Å²) in [6.45, 7) is 4.33. The summed E-state index contributed by atoms with van der Waals surface area (Å²) in [5.41, 5.74) is 2.46. The third-order valence-corrected chi connectivity index (χ3v) is 3.69. The van der Waals surface area contributed by atoms with Gasteiger partial charge in [0.2, 0.25) is 0 Å². The molecule has 5 heteroatoms. The maximum atomic E-state index is 5.63. The molecule has 1 atom stereocenters. The largest absolute Gasteiger partial charge is 0.486 e. The molecule has 2 heterocycles. The van der Waals surface area contributed by atoms with Crippen molar-refractivity contribution in [1.29, 1.82) is 0 Å². The lowest BCUT2D eigenvalue weighted by atomic mass is 10.1. The van der Waals surface area contributed by atoms with E-state index < -0.39 is 0 Å². The Hall–Kier alpha value is -2.01. The van der Waals surface area contributed by atoms with Gasteiger partial charge in [0.1, 0.15) is 13.2 Å². The van der Waals surface area contributed by atoms with E-state index in [-0.39, 0.29) is 6.04 Å². The van der Waals surface area contributed by atoms with Crippen LogP contribution in [0.2, 0.25) is 0 Å². The number of ether oxygens (including phenoxy) is 2. The molecule has 1 aromatic carbocycles. The van der Waals surface area contributed by atoms with E-state index >= 15 is 0 Å². The van der Waals surface area contributed by atoms with Crippen LogP contribution in [0.5, 0.6) is 11.5 Å². The number of nitrogens with zero attached hydrogens (tertiary/aromatic N) is 2. The highest BCUT2D eigenvalue weighted by Crippen LogP contribution is 2.32. The van der Waals surface area contributed by atoms with Crippen LogP contribution >= 0.6 is 0 Å². The highest BCUT2D eigenvalue weighted by Gasteiger charge is 2.14. The number of hydrogen-bond acceptors (Lipinski definition) is 4. The van der Waals surface area contributed by atoms with Gasteiger partial charge in [0.25, 0.3) is 0 Å². The molecule has 0 radical (unpaired) electrons. The maximum Gasteiger partial charge on any atom is 0.161 e. The molecule has 3 rings (SSSR count). The number of aromatic nitrogens is 2. The summed E-state index contributed by atoms with van der Waals surface area (Å²) in [6, 6.07) is 6.42. The zero-order valence-electron chi connectivity index (χ0n) is 12.5. The Morgan fingerprint density at radius 3 is 2.86 bits per heavy atom. The van der Waals surface area contributed by atoms with Gasteiger partial charge in [0.05, 0.1) is 6.20 Å². The lowest BCUT2D eigenvalue weighted by Gasteiger charge is -2.21. The molecule has 1 N–H and O–H groups in total. The van der Waals surface area contributed by atoms with Crippen LogP contribution < -0.4 is 14.8 Å². The third kappa shape index (κ3) is 3.36. The summed E-state index contributed by atoms with van der Waals surface area (Å²) < 4.78 is 13.0. The monoisotopic (exact) mass is 287 g/mol. The molecule has 0 bridgehead atoms. The average Bonchev–Trinajstić information content (AvgIpc) is 2.92. The first-order valence-electron chi connectivity index (χ1n) is 7.33. The Morgan fingerprint density at radius 1 is 1.29 bits per heavy atom. The minimum absolute atomic E-state index is 0.275. The molecule has 0 spiro atoms. The van der Waals surface area contributed by atoms with Gasteiger partial charge in [0, 0.05) is 19.3 Å². The first-order chi connectivity index (χ1) is 10.2. The quantitative estimate of drug-likeness (QED) is 0.915. The number of benzene rings is 1. The molecule has 1 aliphatic heterocycles. The number of nitrogens with one attached hydrogen (secondary N) is 1. The zero-order valence-corrected chi connectivity index (χ0v) is 12.5. The van der Waals surface area contributed by atoms with E-state index in [0.717, 1.165) is 24.5 Å². The molecule has 5 nitrogen and oxygen atoms in total. The fourth-order valence-corrected chi connectivity index (χ4v) is 2.48. The van der Waals surface area contributed by atoms with E-state index in [4.69, 9.17) is 9.47 Å². The van der Waals surface area contributed by atoms with E-state index in [0.29, 0.717) is 13.2 Å². The lowest BCUT2D eigenvalue weighted by molar-refractivity contribution is 0.171. The van der Waals surface area contributed by atoms with Crippen molar-refractivity contribution in [2.75, 3.05) is 19.8 Å². The van der Waals surface area contributed by atoms with Crippen LogP contribution in [0, 0.1) is 0 Å². The maximum absolute atomic E-state index is 5.63. The molecule has 0 saturated heterocycles. The first kappa shape index (κ1) is 13.9. The van der Waals surface area contributed by atoms with Crippen LogP contribution in [0.3, 0.4) is 0 Å². The summed E-state index contributed by atoms with van der Waals surface area (Å²) >= 11 is 0. The lowest BCUT2D eigenvalue weighted by Crippen LogP contribution is -2.22. The number of fused-ring (bicyclic) bond motifs is 1. The Kier molecular flexibility index (Phi) is 4.10. The van der Waals surface area contributed by atoms with E-state index in [2.05, 4.69) is 35.7 Å². The van der Waals surface area contributed by atoms with Crippen LogP contribution in [0.15, 0.2) is 30.6 Å². The van der Waals surface area contributed by atoms with Crippen molar-refractivity contribution < 1.29 is 9.47 Å². The normalized spacial score (nSPS) is 15.0. The molecule has 0 amide bonds. The van der Waals surface area contributed by atoms with Gasteiger partial charge >= 0.3 is 0 Å². The average molecular weight is 287 g/mol. The van der Waals surface area contributed by atoms with Crippen molar-refractivity contribution in [3.05, 3.63) is 41.7 Å². The fraction of sp³-hybridized carbons (Fsp3) is 0.438. The smallest absolute Gasteiger partial charge is 0.161 e. The third-order valence-electron chi connectivity index (χ3n) is 3.69. The van der Waals surface area contributed by atoms with Crippen molar-refractivity contribution in [3.63, 3.8) is 0 Å². The zero-order chi connectivity index (χ0) is 14.7. The number of aryl methyl sites for hydroxylation is 1. The number of rotatable bonds is 5. The second-order valence-corrected chi connectivity index (χ2v) is 5.35. The molecule has 0 fully saturated rings. The van der Waals surface area contributed by atoms with E-state index in [1.54, 1.807) is 0 Å². The Labute approximate surface area is 124 Å². The van der Waals surface area contributed by atoms with Gasteiger partial charge in [-0.2, -0.15) is 5.10 Å². The molecule has 112 valence electrons. The summed E-state index contributed by atoms with van der Waals surface area (Å²) in [5, 5.41) is 7.71. The molecule has 2 aromatic rings. The van der Waals surface area contributed by atoms with Gasteiger partial charge in [-0.1, -0.05) is 6.07 Å². The second-order valence-electron chi connectivity index (χ2n) is 5.35.